The van der Waals surface area contributed by atoms with Crippen LogP contribution in [0.4, 0.5) is 11.6 Å². The average molecular weight is 260 g/mol. The first-order valence-corrected chi connectivity index (χ1v) is 7.40. The van der Waals surface area contributed by atoms with E-state index in [-0.39, 0.29) is 0 Å². The third kappa shape index (κ3) is 2.53. The predicted octanol–water partition coefficient (Wildman–Crippen LogP) is 3.30. The second-order valence-corrected chi connectivity index (χ2v) is 6.60. The summed E-state index contributed by atoms with van der Waals surface area (Å²) in [5.41, 5.74) is 1.56. The Hall–Kier alpha value is -1.32. The molecule has 2 N–H and O–H groups in total. The van der Waals surface area contributed by atoms with Crippen LogP contribution in [0.1, 0.15) is 57.3 Å². The molecule has 0 spiro atoms. The normalized spacial score (nSPS) is 24.1. The third-order valence-electron chi connectivity index (χ3n) is 4.27. The van der Waals surface area contributed by atoms with E-state index in [0.717, 1.165) is 29.6 Å². The second-order valence-electron chi connectivity index (χ2n) is 6.60. The lowest BCUT2D eigenvalue weighted by Gasteiger charge is -2.15. The Bertz CT molecular complexity index is 491. The minimum atomic E-state index is 0.412. The molecule has 1 unspecified atom stereocenters. The number of anilines is 2. The summed E-state index contributed by atoms with van der Waals surface area (Å²) in [7, 11) is 0. The fourth-order valence-electron chi connectivity index (χ4n) is 2.42. The lowest BCUT2D eigenvalue weighted by molar-refractivity contribution is 0.629. The quantitative estimate of drug-likeness (QED) is 0.853. The van der Waals surface area contributed by atoms with Crippen LogP contribution in [-0.4, -0.2) is 22.6 Å². The molecule has 0 aliphatic heterocycles. The molecule has 2 saturated carbocycles. The van der Waals surface area contributed by atoms with Crippen molar-refractivity contribution in [1.82, 2.24) is 9.97 Å². The molecule has 19 heavy (non-hydrogen) atoms. The van der Waals surface area contributed by atoms with Gasteiger partial charge in [0.25, 0.3) is 0 Å². The average Bonchev–Trinajstić information content (AvgIpc) is 3.23. The first kappa shape index (κ1) is 12.7. The van der Waals surface area contributed by atoms with Crippen molar-refractivity contribution in [3.05, 3.63) is 11.4 Å². The Morgan fingerprint density at radius 2 is 1.84 bits per heavy atom. The number of aromatic nitrogens is 2. The highest BCUT2D eigenvalue weighted by Gasteiger charge is 2.46. The molecule has 0 aromatic carbocycles. The van der Waals surface area contributed by atoms with Crippen molar-refractivity contribution in [2.75, 3.05) is 17.2 Å². The fourth-order valence-corrected chi connectivity index (χ4v) is 2.42. The van der Waals surface area contributed by atoms with Gasteiger partial charge in [0, 0.05) is 24.1 Å². The Balaban J connectivity index is 1.88. The summed E-state index contributed by atoms with van der Waals surface area (Å²) in [5.74, 6) is 3.64. The summed E-state index contributed by atoms with van der Waals surface area (Å²) in [6.07, 6.45) is 3.71. The molecule has 0 amide bonds. The Morgan fingerprint density at radius 3 is 2.37 bits per heavy atom. The van der Waals surface area contributed by atoms with Crippen LogP contribution in [0.3, 0.4) is 0 Å². The number of rotatable bonds is 5. The maximum Gasteiger partial charge on any atom is 0.136 e. The highest BCUT2D eigenvalue weighted by Crippen LogP contribution is 2.47. The fraction of sp³-hybridized carbons (Fsp3) is 0.733. The molecule has 0 bridgehead atoms. The van der Waals surface area contributed by atoms with Gasteiger partial charge in [0.2, 0.25) is 0 Å². The SMILES string of the molecule is CCNc1nc(C2CC2)nc(NC2CC2(C)C)c1C. The van der Waals surface area contributed by atoms with Crippen LogP contribution in [0, 0.1) is 12.3 Å². The van der Waals surface area contributed by atoms with Crippen LogP contribution in [0.2, 0.25) is 0 Å². The Morgan fingerprint density at radius 1 is 1.21 bits per heavy atom. The van der Waals surface area contributed by atoms with E-state index in [1.54, 1.807) is 0 Å². The molecule has 1 aromatic heterocycles. The van der Waals surface area contributed by atoms with E-state index in [9.17, 15) is 0 Å². The molecule has 4 heteroatoms. The van der Waals surface area contributed by atoms with E-state index in [1.165, 1.54) is 19.3 Å². The van der Waals surface area contributed by atoms with Gasteiger partial charge in [0.1, 0.15) is 17.5 Å². The van der Waals surface area contributed by atoms with E-state index >= 15 is 0 Å². The summed E-state index contributed by atoms with van der Waals surface area (Å²) < 4.78 is 0. The largest absolute Gasteiger partial charge is 0.370 e. The minimum Gasteiger partial charge on any atom is -0.370 e. The number of nitrogens with zero attached hydrogens (tertiary/aromatic N) is 2. The maximum absolute atomic E-state index is 4.76. The molecule has 4 nitrogen and oxygen atoms in total. The van der Waals surface area contributed by atoms with E-state index < -0.39 is 0 Å². The smallest absolute Gasteiger partial charge is 0.136 e. The van der Waals surface area contributed by atoms with Crippen molar-refractivity contribution in [2.45, 2.75) is 58.9 Å². The molecule has 1 heterocycles. The zero-order valence-corrected chi connectivity index (χ0v) is 12.4. The van der Waals surface area contributed by atoms with Gasteiger partial charge >= 0.3 is 0 Å². The van der Waals surface area contributed by atoms with Gasteiger partial charge in [-0.25, -0.2) is 9.97 Å². The van der Waals surface area contributed by atoms with Crippen molar-refractivity contribution in [3.8, 4) is 0 Å². The Labute approximate surface area is 115 Å². The molecule has 2 aliphatic carbocycles. The highest BCUT2D eigenvalue weighted by molar-refractivity contribution is 5.58. The van der Waals surface area contributed by atoms with Crippen molar-refractivity contribution >= 4 is 11.6 Å². The van der Waals surface area contributed by atoms with Gasteiger partial charge in [0.05, 0.1) is 0 Å². The highest BCUT2D eigenvalue weighted by atomic mass is 15.1. The second kappa shape index (κ2) is 4.36. The van der Waals surface area contributed by atoms with E-state index in [0.29, 0.717) is 17.4 Å². The van der Waals surface area contributed by atoms with Gasteiger partial charge in [-0.2, -0.15) is 0 Å². The van der Waals surface area contributed by atoms with Crippen LogP contribution in [0.5, 0.6) is 0 Å². The molecule has 3 rings (SSSR count). The van der Waals surface area contributed by atoms with Crippen molar-refractivity contribution < 1.29 is 0 Å². The molecule has 1 atom stereocenters. The molecule has 0 saturated heterocycles. The topological polar surface area (TPSA) is 49.8 Å². The lowest BCUT2D eigenvalue weighted by Crippen LogP contribution is -2.14. The van der Waals surface area contributed by atoms with E-state index in [4.69, 9.17) is 4.98 Å². The summed E-state index contributed by atoms with van der Waals surface area (Å²) >= 11 is 0. The molecular formula is C15H24N4. The monoisotopic (exact) mass is 260 g/mol. The van der Waals surface area contributed by atoms with Gasteiger partial charge in [-0.3, -0.25) is 0 Å². The van der Waals surface area contributed by atoms with Crippen molar-refractivity contribution in [2.24, 2.45) is 5.41 Å². The zero-order chi connectivity index (χ0) is 13.6. The van der Waals surface area contributed by atoms with E-state index in [1.807, 2.05) is 0 Å². The first-order chi connectivity index (χ1) is 9.01. The molecule has 1 aromatic rings. The van der Waals surface area contributed by atoms with Gasteiger partial charge in [-0.05, 0) is 38.5 Å². The predicted molar refractivity (Wildman–Crippen MR) is 78.7 cm³/mol. The van der Waals surface area contributed by atoms with Gasteiger partial charge in [-0.15, -0.1) is 0 Å². The van der Waals surface area contributed by atoms with Crippen LogP contribution in [0.25, 0.3) is 0 Å². The first-order valence-electron chi connectivity index (χ1n) is 7.40. The lowest BCUT2D eigenvalue weighted by atomic mass is 10.2. The summed E-state index contributed by atoms with van der Waals surface area (Å²) in [6.45, 7) is 9.71. The molecule has 0 radical (unpaired) electrons. The number of hydrogen-bond donors (Lipinski definition) is 2. The van der Waals surface area contributed by atoms with Crippen molar-refractivity contribution in [1.29, 1.82) is 0 Å². The maximum atomic E-state index is 4.76. The number of nitrogens with one attached hydrogen (secondary N) is 2. The zero-order valence-electron chi connectivity index (χ0n) is 12.4. The van der Waals surface area contributed by atoms with Gasteiger partial charge in [0.15, 0.2) is 0 Å². The van der Waals surface area contributed by atoms with Crippen molar-refractivity contribution in [3.63, 3.8) is 0 Å². The summed E-state index contributed by atoms with van der Waals surface area (Å²) in [5, 5.41) is 6.97. The standard InChI is InChI=1S/C15H24N4/c1-5-16-12-9(2)13(17-11-8-15(11,3)4)19-14(18-12)10-6-7-10/h10-11H,5-8H2,1-4H3,(H2,16,17,18,19). The molecule has 104 valence electrons. The van der Waals surface area contributed by atoms with E-state index in [2.05, 4.69) is 43.3 Å². The summed E-state index contributed by atoms with van der Waals surface area (Å²) in [4.78, 5) is 9.45. The molecular weight excluding hydrogens is 236 g/mol. The Kier molecular flexibility index (Phi) is 2.91. The molecule has 2 aliphatic rings. The third-order valence-corrected chi connectivity index (χ3v) is 4.27. The molecule has 2 fully saturated rings. The van der Waals surface area contributed by atoms with Gasteiger partial charge in [-0.1, -0.05) is 13.8 Å². The minimum absolute atomic E-state index is 0.412. The van der Waals surface area contributed by atoms with Crippen LogP contribution in [-0.2, 0) is 0 Å². The summed E-state index contributed by atoms with van der Waals surface area (Å²) in [6, 6.07) is 0.558. The number of hydrogen-bond acceptors (Lipinski definition) is 4. The van der Waals surface area contributed by atoms with Gasteiger partial charge < -0.3 is 10.6 Å². The van der Waals surface area contributed by atoms with Crippen LogP contribution in [0.15, 0.2) is 0 Å². The van der Waals surface area contributed by atoms with Crippen LogP contribution < -0.4 is 10.6 Å². The van der Waals surface area contributed by atoms with Crippen LogP contribution >= 0.6 is 0 Å².